The summed E-state index contributed by atoms with van der Waals surface area (Å²) in [5, 5.41) is 1.28. The van der Waals surface area contributed by atoms with E-state index in [9.17, 15) is 0 Å². The maximum Gasteiger partial charge on any atom is 0.136 e. The summed E-state index contributed by atoms with van der Waals surface area (Å²) in [6.07, 6.45) is 8.49. The Kier molecular flexibility index (Phi) is 3.56. The van der Waals surface area contributed by atoms with Crippen LogP contribution in [0.4, 0.5) is 0 Å². The third-order valence-electron chi connectivity index (χ3n) is 5.41. The highest BCUT2D eigenvalue weighted by atomic mass is 15.1. The van der Waals surface area contributed by atoms with Gasteiger partial charge in [-0.2, -0.15) is 0 Å². The number of aromatic amines is 1. The average Bonchev–Trinajstić information content (AvgIpc) is 3.30. The first-order chi connectivity index (χ1) is 12.4. The third kappa shape index (κ3) is 2.72. The fraction of sp³-hybridized carbons (Fsp3) is 0.286. The molecule has 1 saturated heterocycles. The minimum atomic E-state index is 0.570. The van der Waals surface area contributed by atoms with Gasteiger partial charge in [-0.25, -0.2) is 4.98 Å². The highest BCUT2D eigenvalue weighted by molar-refractivity contribution is 5.79. The molecule has 0 amide bonds. The predicted molar refractivity (Wildman–Crippen MR) is 101 cm³/mol. The van der Waals surface area contributed by atoms with E-state index in [1.165, 1.54) is 41.5 Å². The number of likely N-dealkylation sites (tertiary alicyclic amines) is 1. The van der Waals surface area contributed by atoms with Crippen molar-refractivity contribution in [2.75, 3.05) is 13.1 Å². The highest BCUT2D eigenvalue weighted by Gasteiger charge is 2.23. The largest absolute Gasteiger partial charge is 0.361 e. The monoisotopic (exact) mass is 330 g/mol. The number of hydrogen-bond donors (Lipinski definition) is 1. The van der Waals surface area contributed by atoms with Gasteiger partial charge < -0.3 is 9.38 Å². The first-order valence-corrected chi connectivity index (χ1v) is 9.07. The summed E-state index contributed by atoms with van der Waals surface area (Å²) in [7, 11) is 0. The molecular formula is C21H22N4. The quantitative estimate of drug-likeness (QED) is 0.611. The molecule has 4 nitrogen and oxygen atoms in total. The molecule has 1 fully saturated rings. The highest BCUT2D eigenvalue weighted by Crippen LogP contribution is 2.28. The van der Waals surface area contributed by atoms with Gasteiger partial charge >= 0.3 is 0 Å². The number of aromatic nitrogens is 3. The van der Waals surface area contributed by atoms with Gasteiger partial charge in [0.2, 0.25) is 0 Å². The molecule has 4 heterocycles. The molecule has 0 bridgehead atoms. The Morgan fingerprint density at radius 2 is 2.16 bits per heavy atom. The van der Waals surface area contributed by atoms with Crippen LogP contribution in [0, 0.1) is 0 Å². The number of nitrogens with zero attached hydrogens (tertiary/aromatic N) is 3. The van der Waals surface area contributed by atoms with E-state index in [1.807, 2.05) is 12.4 Å². The van der Waals surface area contributed by atoms with Crippen molar-refractivity contribution >= 4 is 16.6 Å². The zero-order valence-electron chi connectivity index (χ0n) is 14.2. The number of pyridine rings is 1. The molecule has 3 aromatic heterocycles. The zero-order chi connectivity index (χ0) is 16.6. The molecule has 0 saturated carbocycles. The first-order valence-electron chi connectivity index (χ1n) is 9.07. The summed E-state index contributed by atoms with van der Waals surface area (Å²) >= 11 is 0. The average molecular weight is 330 g/mol. The Labute approximate surface area is 147 Å². The van der Waals surface area contributed by atoms with Crippen LogP contribution in [0.3, 0.4) is 0 Å². The Morgan fingerprint density at radius 3 is 3.16 bits per heavy atom. The van der Waals surface area contributed by atoms with Crippen LogP contribution in [0.15, 0.2) is 61.1 Å². The number of hydrogen-bond acceptors (Lipinski definition) is 2. The summed E-state index contributed by atoms with van der Waals surface area (Å²) in [5.74, 6) is 0.570. The maximum absolute atomic E-state index is 4.43. The van der Waals surface area contributed by atoms with E-state index in [0.717, 1.165) is 18.7 Å². The normalized spacial score (nSPS) is 19.0. The maximum atomic E-state index is 4.43. The summed E-state index contributed by atoms with van der Waals surface area (Å²) in [4.78, 5) is 10.3. The van der Waals surface area contributed by atoms with Gasteiger partial charge in [0.15, 0.2) is 0 Å². The molecule has 1 aliphatic heterocycles. The van der Waals surface area contributed by atoms with Crippen LogP contribution in [0.2, 0.25) is 0 Å². The number of fused-ring (bicyclic) bond motifs is 2. The summed E-state index contributed by atoms with van der Waals surface area (Å²) in [6, 6.07) is 15.4. The molecule has 25 heavy (non-hydrogen) atoms. The second-order valence-electron chi connectivity index (χ2n) is 7.08. The van der Waals surface area contributed by atoms with E-state index < -0.39 is 0 Å². The molecule has 1 aliphatic rings. The number of imidazole rings is 1. The van der Waals surface area contributed by atoms with Crippen molar-refractivity contribution in [1.82, 2.24) is 19.3 Å². The molecule has 126 valence electrons. The topological polar surface area (TPSA) is 36.3 Å². The number of rotatable bonds is 3. The summed E-state index contributed by atoms with van der Waals surface area (Å²) < 4.78 is 2.25. The molecule has 4 heteroatoms. The van der Waals surface area contributed by atoms with Crippen LogP contribution in [0.25, 0.3) is 16.6 Å². The summed E-state index contributed by atoms with van der Waals surface area (Å²) in [5.41, 5.74) is 5.05. The van der Waals surface area contributed by atoms with Gasteiger partial charge in [-0.05, 0) is 54.6 Å². The molecule has 0 radical (unpaired) electrons. The lowest BCUT2D eigenvalue weighted by Gasteiger charge is -2.33. The van der Waals surface area contributed by atoms with E-state index in [1.54, 1.807) is 0 Å². The predicted octanol–water partition coefficient (Wildman–Crippen LogP) is 4.20. The molecule has 1 atom stereocenters. The Morgan fingerprint density at radius 1 is 1.16 bits per heavy atom. The second kappa shape index (κ2) is 6.05. The third-order valence-corrected chi connectivity index (χ3v) is 5.41. The van der Waals surface area contributed by atoms with E-state index in [-0.39, 0.29) is 0 Å². The van der Waals surface area contributed by atoms with Gasteiger partial charge in [0.05, 0.1) is 0 Å². The number of piperidine rings is 1. The lowest BCUT2D eigenvalue weighted by molar-refractivity contribution is 0.198. The van der Waals surface area contributed by atoms with Crippen LogP contribution in [-0.2, 0) is 6.54 Å². The van der Waals surface area contributed by atoms with Crippen molar-refractivity contribution in [1.29, 1.82) is 0 Å². The van der Waals surface area contributed by atoms with Crippen LogP contribution in [-0.4, -0.2) is 32.4 Å². The van der Waals surface area contributed by atoms with Gasteiger partial charge in [0, 0.05) is 48.8 Å². The van der Waals surface area contributed by atoms with Gasteiger partial charge in [-0.1, -0.05) is 18.2 Å². The van der Waals surface area contributed by atoms with E-state index >= 15 is 0 Å². The SMILES string of the molecule is c1cc([C@H]2CCCN(Cc3ccc4cc[nH]c4c3)C2)n2ccnc2c1. The van der Waals surface area contributed by atoms with E-state index in [4.69, 9.17) is 0 Å². The molecule has 5 rings (SSSR count). The molecule has 0 spiro atoms. The number of benzene rings is 1. The minimum Gasteiger partial charge on any atom is -0.361 e. The van der Waals surface area contributed by atoms with Crippen LogP contribution < -0.4 is 0 Å². The zero-order valence-corrected chi connectivity index (χ0v) is 14.2. The first kappa shape index (κ1) is 14.7. The molecule has 4 aromatic rings. The molecular weight excluding hydrogens is 308 g/mol. The van der Waals surface area contributed by atoms with Gasteiger partial charge in [0.1, 0.15) is 5.65 Å². The van der Waals surface area contributed by atoms with E-state index in [2.05, 4.69) is 67.9 Å². The lowest BCUT2D eigenvalue weighted by atomic mass is 9.93. The van der Waals surface area contributed by atoms with Crippen molar-refractivity contribution in [2.24, 2.45) is 0 Å². The molecule has 0 unspecified atom stereocenters. The molecule has 1 N–H and O–H groups in total. The Bertz CT molecular complexity index is 1010. The minimum absolute atomic E-state index is 0.570. The fourth-order valence-corrected chi connectivity index (χ4v) is 4.19. The van der Waals surface area contributed by atoms with Crippen molar-refractivity contribution in [3.05, 3.63) is 72.3 Å². The Hall–Kier alpha value is -2.59. The van der Waals surface area contributed by atoms with Crippen molar-refractivity contribution in [2.45, 2.75) is 25.3 Å². The van der Waals surface area contributed by atoms with Gasteiger partial charge in [-0.3, -0.25) is 4.90 Å². The standard InChI is InChI=1S/C21H22N4/c1-4-20(25-12-10-23-21(25)5-1)18-3-2-11-24(15-18)14-16-6-7-17-8-9-22-19(17)13-16/h1,4-10,12-13,18,22H,2-3,11,14-15H2/t18-/m0/s1. The number of nitrogens with one attached hydrogen (secondary N) is 1. The van der Waals surface area contributed by atoms with E-state index in [0.29, 0.717) is 5.92 Å². The molecule has 1 aromatic carbocycles. The van der Waals surface area contributed by atoms with Crippen molar-refractivity contribution < 1.29 is 0 Å². The second-order valence-corrected chi connectivity index (χ2v) is 7.08. The van der Waals surface area contributed by atoms with Crippen LogP contribution in [0.1, 0.15) is 30.0 Å². The number of H-pyrrole nitrogens is 1. The lowest BCUT2D eigenvalue weighted by Crippen LogP contribution is -2.34. The summed E-state index contributed by atoms with van der Waals surface area (Å²) in [6.45, 7) is 3.31. The van der Waals surface area contributed by atoms with Crippen LogP contribution in [0.5, 0.6) is 0 Å². The smallest absolute Gasteiger partial charge is 0.136 e. The van der Waals surface area contributed by atoms with Gasteiger partial charge in [-0.15, -0.1) is 0 Å². The molecule has 0 aliphatic carbocycles. The fourth-order valence-electron chi connectivity index (χ4n) is 4.19. The van der Waals surface area contributed by atoms with Gasteiger partial charge in [0.25, 0.3) is 0 Å². The Balaban J connectivity index is 1.37. The van der Waals surface area contributed by atoms with Crippen molar-refractivity contribution in [3.8, 4) is 0 Å². The van der Waals surface area contributed by atoms with Crippen molar-refractivity contribution in [3.63, 3.8) is 0 Å². The van der Waals surface area contributed by atoms with Crippen LogP contribution >= 0.6 is 0 Å².